The zero-order valence-electron chi connectivity index (χ0n) is 15.3. The van der Waals surface area contributed by atoms with Crippen LogP contribution in [0.4, 0.5) is 11.6 Å². The summed E-state index contributed by atoms with van der Waals surface area (Å²) in [6, 6.07) is 17.2. The summed E-state index contributed by atoms with van der Waals surface area (Å²) in [5.41, 5.74) is 4.13. The molecule has 0 aliphatic carbocycles. The lowest BCUT2D eigenvalue weighted by Crippen LogP contribution is -2.23. The number of carbonyl (C=O) groups excluding carboxylic acids is 1. The standard InChI is InChI=1S/C22H20N4O2/c27-21-18-7-4-6-17(14-18)20-9-11-24-22(26-20)25-19-8-3-5-16(13-19)15-28-12-2-1-10-23-21/h1-9,11,13-14H,10,12,15H2,(H,23,27)(H,24,25,26)/b2-1+. The van der Waals surface area contributed by atoms with Gasteiger partial charge < -0.3 is 15.4 Å². The second-order valence-corrected chi connectivity index (χ2v) is 6.37. The molecule has 3 aromatic rings. The van der Waals surface area contributed by atoms with E-state index in [-0.39, 0.29) is 5.91 Å². The lowest BCUT2D eigenvalue weighted by atomic mass is 10.1. The number of fused-ring (bicyclic) bond motifs is 7. The summed E-state index contributed by atoms with van der Waals surface area (Å²) in [5.74, 6) is 0.366. The number of anilines is 2. The fraction of sp³-hybridized carbons (Fsp3) is 0.136. The van der Waals surface area contributed by atoms with Gasteiger partial charge in [0.15, 0.2) is 0 Å². The van der Waals surface area contributed by atoms with E-state index in [0.29, 0.717) is 31.3 Å². The third-order valence-corrected chi connectivity index (χ3v) is 4.29. The maximum atomic E-state index is 12.4. The van der Waals surface area contributed by atoms with Crippen molar-refractivity contribution < 1.29 is 9.53 Å². The van der Waals surface area contributed by atoms with E-state index >= 15 is 0 Å². The molecular weight excluding hydrogens is 352 g/mol. The SMILES string of the molecule is O=C1NC/C=C/COCc2cccc(c2)Nc2nccc(n2)-c2cccc1c2. The number of ether oxygens (including phenoxy) is 1. The number of benzene rings is 2. The Morgan fingerprint density at radius 1 is 0.964 bits per heavy atom. The summed E-state index contributed by atoms with van der Waals surface area (Å²) in [6.07, 6.45) is 5.49. The molecule has 0 saturated carbocycles. The van der Waals surface area contributed by atoms with Gasteiger partial charge >= 0.3 is 0 Å². The number of hydrogen-bond donors (Lipinski definition) is 2. The molecule has 0 fully saturated rings. The van der Waals surface area contributed by atoms with E-state index in [1.807, 2.05) is 60.7 Å². The van der Waals surface area contributed by atoms with Gasteiger partial charge in [0.1, 0.15) is 0 Å². The van der Waals surface area contributed by atoms with Gasteiger partial charge in [0.25, 0.3) is 5.91 Å². The van der Waals surface area contributed by atoms with Crippen LogP contribution in [0.1, 0.15) is 15.9 Å². The molecule has 1 amide bonds. The van der Waals surface area contributed by atoms with Crippen LogP contribution in [0.5, 0.6) is 0 Å². The predicted molar refractivity (Wildman–Crippen MR) is 108 cm³/mol. The molecule has 1 aromatic heterocycles. The summed E-state index contributed by atoms with van der Waals surface area (Å²) in [7, 11) is 0. The van der Waals surface area contributed by atoms with E-state index in [0.717, 1.165) is 22.5 Å². The van der Waals surface area contributed by atoms with Crippen molar-refractivity contribution >= 4 is 17.5 Å². The summed E-state index contributed by atoms with van der Waals surface area (Å²) in [4.78, 5) is 21.3. The molecule has 140 valence electrons. The fourth-order valence-corrected chi connectivity index (χ4v) is 2.92. The van der Waals surface area contributed by atoms with Crippen LogP contribution >= 0.6 is 0 Å². The zero-order valence-corrected chi connectivity index (χ0v) is 15.3. The molecule has 6 heteroatoms. The van der Waals surface area contributed by atoms with Gasteiger partial charge in [-0.15, -0.1) is 0 Å². The zero-order chi connectivity index (χ0) is 19.2. The van der Waals surface area contributed by atoms with Gasteiger partial charge in [-0.1, -0.05) is 36.4 Å². The highest BCUT2D eigenvalue weighted by Gasteiger charge is 2.08. The molecule has 1 aliphatic rings. The van der Waals surface area contributed by atoms with Crippen LogP contribution < -0.4 is 10.6 Å². The Morgan fingerprint density at radius 2 is 1.86 bits per heavy atom. The van der Waals surface area contributed by atoms with Gasteiger partial charge in [0.2, 0.25) is 5.95 Å². The first kappa shape index (κ1) is 17.9. The third kappa shape index (κ3) is 4.42. The predicted octanol–water partition coefficient (Wildman–Crippen LogP) is 3.70. The van der Waals surface area contributed by atoms with Crippen molar-refractivity contribution in [2.45, 2.75) is 6.61 Å². The lowest BCUT2D eigenvalue weighted by Gasteiger charge is -2.10. The minimum atomic E-state index is -0.129. The molecule has 0 spiro atoms. The highest BCUT2D eigenvalue weighted by molar-refractivity contribution is 5.95. The van der Waals surface area contributed by atoms with Crippen LogP contribution in [0.15, 0.2) is 72.9 Å². The smallest absolute Gasteiger partial charge is 0.251 e. The summed E-state index contributed by atoms with van der Waals surface area (Å²) >= 11 is 0. The summed E-state index contributed by atoms with van der Waals surface area (Å²) < 4.78 is 5.67. The molecule has 6 bridgehead atoms. The van der Waals surface area contributed by atoms with Crippen molar-refractivity contribution in [1.82, 2.24) is 15.3 Å². The maximum absolute atomic E-state index is 12.4. The second-order valence-electron chi connectivity index (χ2n) is 6.37. The topological polar surface area (TPSA) is 76.1 Å². The van der Waals surface area contributed by atoms with E-state index in [4.69, 9.17) is 4.74 Å². The molecule has 0 unspecified atom stereocenters. The Kier molecular flexibility index (Phi) is 5.40. The van der Waals surface area contributed by atoms with Crippen LogP contribution in [-0.4, -0.2) is 29.0 Å². The summed E-state index contributed by atoms with van der Waals surface area (Å²) in [6.45, 7) is 1.43. The van der Waals surface area contributed by atoms with Crippen molar-refractivity contribution in [3.63, 3.8) is 0 Å². The quantitative estimate of drug-likeness (QED) is 0.589. The Bertz CT molecular complexity index is 1020. The maximum Gasteiger partial charge on any atom is 0.251 e. The molecule has 2 heterocycles. The average Bonchev–Trinajstić information content (AvgIpc) is 2.73. The van der Waals surface area contributed by atoms with Gasteiger partial charge in [0, 0.05) is 29.6 Å². The van der Waals surface area contributed by atoms with Crippen LogP contribution in [0.25, 0.3) is 11.3 Å². The Hall–Kier alpha value is -3.51. The van der Waals surface area contributed by atoms with E-state index in [2.05, 4.69) is 20.6 Å². The Morgan fingerprint density at radius 3 is 2.82 bits per heavy atom. The van der Waals surface area contributed by atoms with Crippen LogP contribution in [0.2, 0.25) is 0 Å². The Labute approximate surface area is 163 Å². The molecule has 1 aliphatic heterocycles. The number of amides is 1. The van der Waals surface area contributed by atoms with Crippen molar-refractivity contribution in [2.24, 2.45) is 0 Å². The number of hydrogen-bond acceptors (Lipinski definition) is 5. The van der Waals surface area contributed by atoms with Crippen LogP contribution in [0, 0.1) is 0 Å². The van der Waals surface area contributed by atoms with E-state index in [9.17, 15) is 4.79 Å². The monoisotopic (exact) mass is 372 g/mol. The normalized spacial score (nSPS) is 15.5. The highest BCUT2D eigenvalue weighted by atomic mass is 16.5. The molecule has 2 aromatic carbocycles. The van der Waals surface area contributed by atoms with Crippen LogP contribution in [-0.2, 0) is 11.3 Å². The van der Waals surface area contributed by atoms with Crippen molar-refractivity contribution in [3.05, 3.63) is 84.1 Å². The molecule has 6 nitrogen and oxygen atoms in total. The van der Waals surface area contributed by atoms with Gasteiger partial charge in [-0.25, -0.2) is 9.97 Å². The van der Waals surface area contributed by atoms with Gasteiger partial charge in [0.05, 0.1) is 18.9 Å². The van der Waals surface area contributed by atoms with E-state index in [1.54, 1.807) is 12.3 Å². The van der Waals surface area contributed by atoms with Gasteiger partial charge in [-0.05, 0) is 35.9 Å². The Balaban J connectivity index is 1.69. The van der Waals surface area contributed by atoms with Crippen molar-refractivity contribution in [2.75, 3.05) is 18.5 Å². The molecule has 0 atom stereocenters. The molecule has 0 saturated heterocycles. The second kappa shape index (κ2) is 8.45. The molecule has 4 rings (SSSR count). The highest BCUT2D eigenvalue weighted by Crippen LogP contribution is 2.21. The molecule has 0 radical (unpaired) electrons. The first-order chi connectivity index (χ1) is 13.8. The molecule has 2 N–H and O–H groups in total. The minimum absolute atomic E-state index is 0.129. The third-order valence-electron chi connectivity index (χ3n) is 4.29. The van der Waals surface area contributed by atoms with Crippen molar-refractivity contribution in [1.29, 1.82) is 0 Å². The number of aromatic nitrogens is 2. The molecule has 28 heavy (non-hydrogen) atoms. The van der Waals surface area contributed by atoms with E-state index in [1.165, 1.54) is 0 Å². The van der Waals surface area contributed by atoms with Gasteiger partial charge in [-0.2, -0.15) is 0 Å². The minimum Gasteiger partial charge on any atom is -0.373 e. The first-order valence-corrected chi connectivity index (χ1v) is 9.08. The summed E-state index contributed by atoms with van der Waals surface area (Å²) in [5, 5.41) is 6.11. The fourth-order valence-electron chi connectivity index (χ4n) is 2.92. The number of nitrogens with one attached hydrogen (secondary N) is 2. The lowest BCUT2D eigenvalue weighted by molar-refractivity contribution is 0.0958. The first-order valence-electron chi connectivity index (χ1n) is 9.08. The number of carbonyl (C=O) groups is 1. The number of rotatable bonds is 0. The van der Waals surface area contributed by atoms with E-state index < -0.39 is 0 Å². The van der Waals surface area contributed by atoms with Crippen molar-refractivity contribution in [3.8, 4) is 11.3 Å². The average molecular weight is 372 g/mol. The molecular formula is C22H20N4O2. The largest absolute Gasteiger partial charge is 0.373 e. The van der Waals surface area contributed by atoms with Crippen LogP contribution in [0.3, 0.4) is 0 Å². The van der Waals surface area contributed by atoms with Gasteiger partial charge in [-0.3, -0.25) is 4.79 Å². The number of nitrogens with zero attached hydrogens (tertiary/aromatic N) is 2.